The van der Waals surface area contributed by atoms with Gasteiger partial charge in [0.25, 0.3) is 0 Å². The number of aromatic nitrogens is 1. The van der Waals surface area contributed by atoms with E-state index >= 15 is 0 Å². The lowest BCUT2D eigenvalue weighted by Gasteiger charge is -1.92. The van der Waals surface area contributed by atoms with Gasteiger partial charge in [-0.05, 0) is 23.9 Å². The first-order valence-electron chi connectivity index (χ1n) is 3.40. The van der Waals surface area contributed by atoms with Gasteiger partial charge in [-0.3, -0.25) is 0 Å². The van der Waals surface area contributed by atoms with Gasteiger partial charge in [0.05, 0.1) is 0 Å². The van der Waals surface area contributed by atoms with E-state index in [0.29, 0.717) is 0 Å². The Morgan fingerprint density at radius 3 is 2.73 bits per heavy atom. The highest BCUT2D eigenvalue weighted by atomic mass is 14.7. The molecule has 0 spiro atoms. The zero-order valence-corrected chi connectivity index (χ0v) is 5.89. The van der Waals surface area contributed by atoms with E-state index in [4.69, 9.17) is 0 Å². The van der Waals surface area contributed by atoms with E-state index in [2.05, 4.69) is 36.2 Å². The molecule has 0 aliphatic carbocycles. The van der Waals surface area contributed by atoms with Crippen LogP contribution >= 0.6 is 0 Å². The number of hydrogen-bond acceptors (Lipinski definition) is 0. The van der Waals surface area contributed by atoms with Crippen molar-refractivity contribution >= 4 is 10.9 Å². The maximum atomic E-state index is 3.19. The summed E-state index contributed by atoms with van der Waals surface area (Å²) in [6, 6.07) is 8.38. The summed E-state index contributed by atoms with van der Waals surface area (Å²) in [7, 11) is 0. The lowest BCUT2D eigenvalue weighted by atomic mass is 10.2. The van der Waals surface area contributed by atoms with Crippen molar-refractivity contribution in [3.8, 4) is 0 Å². The van der Waals surface area contributed by atoms with Crippen LogP contribution in [-0.2, 0) is 0 Å². The summed E-state index contributed by atoms with van der Waals surface area (Å²) in [6.07, 6.45) is 1.97. The van der Waals surface area contributed by atoms with Crippen LogP contribution in [0.15, 0.2) is 30.5 Å². The molecule has 0 atom stereocenters. The monoisotopic (exact) mass is 147 g/mol. The first-order chi connectivity index (χ1) is 4.88. The number of nitrogens with one attached hydrogen (secondary N) is 1. The molecule has 0 aliphatic rings. The molecule has 0 amide bonds. The van der Waals surface area contributed by atoms with E-state index in [0.717, 1.165) is 0 Å². The summed E-state index contributed by atoms with van der Waals surface area (Å²) < 4.78 is 0. The number of aryl methyl sites for hydroxylation is 1. The van der Waals surface area contributed by atoms with Gasteiger partial charge in [0.15, 0.2) is 0 Å². The smallest absolute Gasteiger partial charge is 0.0483 e. The zero-order valence-electron chi connectivity index (χ0n) is 5.89. The first-order valence-corrected chi connectivity index (χ1v) is 3.40. The van der Waals surface area contributed by atoms with E-state index in [-0.39, 0.29) is 7.43 Å². The average molecular weight is 147 g/mol. The summed E-state index contributed by atoms with van der Waals surface area (Å²) in [6.45, 7) is 2.11. The predicted molar refractivity (Wildman–Crippen MR) is 49.8 cm³/mol. The molecule has 0 bridgehead atoms. The SMILES string of the molecule is C.Cc1cccc2cc[nH]c12. The van der Waals surface area contributed by atoms with E-state index < -0.39 is 0 Å². The molecule has 2 rings (SSSR count). The molecule has 1 aromatic carbocycles. The molecule has 11 heavy (non-hydrogen) atoms. The highest BCUT2D eigenvalue weighted by Gasteiger charge is 1.93. The molecule has 0 aliphatic heterocycles. The molecule has 1 aromatic heterocycles. The molecule has 0 radical (unpaired) electrons. The van der Waals surface area contributed by atoms with Crippen molar-refractivity contribution in [1.29, 1.82) is 0 Å². The average Bonchev–Trinajstić information content (AvgIpc) is 2.36. The van der Waals surface area contributed by atoms with Crippen LogP contribution in [0.4, 0.5) is 0 Å². The highest BCUT2D eigenvalue weighted by Crippen LogP contribution is 2.14. The normalized spacial score (nSPS) is 9.55. The minimum absolute atomic E-state index is 0. The second-order valence-corrected chi connectivity index (χ2v) is 2.52. The van der Waals surface area contributed by atoms with Crippen LogP contribution in [-0.4, -0.2) is 4.98 Å². The van der Waals surface area contributed by atoms with Crippen LogP contribution < -0.4 is 0 Å². The molecule has 2 aromatic rings. The number of rotatable bonds is 0. The predicted octanol–water partition coefficient (Wildman–Crippen LogP) is 3.11. The Morgan fingerprint density at radius 2 is 2.00 bits per heavy atom. The van der Waals surface area contributed by atoms with Gasteiger partial charge in [0.2, 0.25) is 0 Å². The third-order valence-corrected chi connectivity index (χ3v) is 1.80. The van der Waals surface area contributed by atoms with Crippen molar-refractivity contribution in [2.75, 3.05) is 0 Å². The zero-order chi connectivity index (χ0) is 6.97. The Hall–Kier alpha value is -1.24. The second kappa shape index (κ2) is 2.79. The van der Waals surface area contributed by atoms with Crippen molar-refractivity contribution in [1.82, 2.24) is 4.98 Å². The van der Waals surface area contributed by atoms with Gasteiger partial charge in [0.1, 0.15) is 0 Å². The fraction of sp³-hybridized carbons (Fsp3) is 0.200. The molecule has 0 fully saturated rings. The van der Waals surface area contributed by atoms with E-state index in [9.17, 15) is 0 Å². The van der Waals surface area contributed by atoms with Gasteiger partial charge < -0.3 is 4.98 Å². The molecule has 1 heterocycles. The Bertz CT molecular complexity index is 346. The van der Waals surface area contributed by atoms with Crippen LogP contribution in [0.5, 0.6) is 0 Å². The molecule has 0 saturated carbocycles. The number of hydrogen-bond donors (Lipinski definition) is 1. The fourth-order valence-electron chi connectivity index (χ4n) is 1.24. The van der Waals surface area contributed by atoms with Crippen LogP contribution in [0.1, 0.15) is 13.0 Å². The van der Waals surface area contributed by atoms with Gasteiger partial charge in [-0.15, -0.1) is 0 Å². The van der Waals surface area contributed by atoms with E-state index in [1.165, 1.54) is 16.5 Å². The van der Waals surface area contributed by atoms with Crippen LogP contribution in [0.2, 0.25) is 0 Å². The topological polar surface area (TPSA) is 15.8 Å². The number of fused-ring (bicyclic) bond motifs is 1. The number of aromatic amines is 1. The highest BCUT2D eigenvalue weighted by molar-refractivity contribution is 5.82. The van der Waals surface area contributed by atoms with Crippen molar-refractivity contribution in [3.05, 3.63) is 36.0 Å². The third kappa shape index (κ3) is 1.14. The van der Waals surface area contributed by atoms with Crippen LogP contribution in [0.3, 0.4) is 0 Å². The minimum Gasteiger partial charge on any atom is -0.361 e. The Morgan fingerprint density at radius 1 is 1.18 bits per heavy atom. The maximum absolute atomic E-state index is 3.19. The second-order valence-electron chi connectivity index (χ2n) is 2.52. The van der Waals surface area contributed by atoms with E-state index in [1.54, 1.807) is 0 Å². The standard InChI is InChI=1S/C9H9N.CH4/c1-7-3-2-4-8-5-6-10-9(7)8;/h2-6,10H,1H3;1H4. The van der Waals surface area contributed by atoms with Crippen molar-refractivity contribution in [3.63, 3.8) is 0 Å². The minimum atomic E-state index is 0. The maximum Gasteiger partial charge on any atom is 0.0483 e. The lowest BCUT2D eigenvalue weighted by molar-refractivity contribution is 1.42. The Labute approximate surface area is 67.1 Å². The largest absolute Gasteiger partial charge is 0.361 e. The quantitative estimate of drug-likeness (QED) is 0.589. The summed E-state index contributed by atoms with van der Waals surface area (Å²) in [5.41, 5.74) is 2.56. The summed E-state index contributed by atoms with van der Waals surface area (Å²) in [5.74, 6) is 0. The van der Waals surface area contributed by atoms with Gasteiger partial charge in [-0.2, -0.15) is 0 Å². The molecule has 1 heteroatoms. The molecular formula is C10H13N. The molecule has 1 nitrogen and oxygen atoms in total. The molecular weight excluding hydrogens is 134 g/mol. The number of H-pyrrole nitrogens is 1. The molecule has 1 N–H and O–H groups in total. The molecule has 0 unspecified atom stereocenters. The molecule has 0 saturated heterocycles. The van der Waals surface area contributed by atoms with Gasteiger partial charge in [-0.1, -0.05) is 25.6 Å². The number of para-hydroxylation sites is 1. The summed E-state index contributed by atoms with van der Waals surface area (Å²) >= 11 is 0. The van der Waals surface area contributed by atoms with Gasteiger partial charge >= 0.3 is 0 Å². The third-order valence-electron chi connectivity index (χ3n) is 1.80. The van der Waals surface area contributed by atoms with Gasteiger partial charge in [-0.25, -0.2) is 0 Å². The molecule has 58 valence electrons. The number of benzene rings is 1. The van der Waals surface area contributed by atoms with Crippen molar-refractivity contribution in [2.45, 2.75) is 14.4 Å². The Balaban J connectivity index is 0.000000605. The fourth-order valence-corrected chi connectivity index (χ4v) is 1.24. The van der Waals surface area contributed by atoms with Crippen molar-refractivity contribution in [2.24, 2.45) is 0 Å². The van der Waals surface area contributed by atoms with Gasteiger partial charge in [0, 0.05) is 11.7 Å². The van der Waals surface area contributed by atoms with E-state index in [1.807, 2.05) is 6.20 Å². The Kier molecular flexibility index (Phi) is 1.99. The summed E-state index contributed by atoms with van der Waals surface area (Å²) in [5, 5.41) is 1.29. The summed E-state index contributed by atoms with van der Waals surface area (Å²) in [4.78, 5) is 3.19. The lowest BCUT2D eigenvalue weighted by Crippen LogP contribution is -1.72. The van der Waals surface area contributed by atoms with Crippen molar-refractivity contribution < 1.29 is 0 Å². The first kappa shape index (κ1) is 7.86. The van der Waals surface area contributed by atoms with Crippen LogP contribution in [0, 0.1) is 6.92 Å². The van der Waals surface area contributed by atoms with Crippen LogP contribution in [0.25, 0.3) is 10.9 Å².